The monoisotopic (exact) mass is 344 g/mol. The van der Waals surface area contributed by atoms with Gasteiger partial charge in [0.2, 0.25) is 0 Å². The number of hydrogen-bond acceptors (Lipinski definition) is 1. The van der Waals surface area contributed by atoms with Gasteiger partial charge in [0.1, 0.15) is 0 Å². The first-order valence-corrected chi connectivity index (χ1v) is 8.82. The quantitative estimate of drug-likeness (QED) is 0.415. The molecule has 0 amide bonds. The van der Waals surface area contributed by atoms with Gasteiger partial charge in [-0.3, -0.25) is 0 Å². The van der Waals surface area contributed by atoms with Crippen molar-refractivity contribution in [3.05, 3.63) is 83.0 Å². The van der Waals surface area contributed by atoms with Crippen molar-refractivity contribution in [3.63, 3.8) is 0 Å². The Bertz CT molecular complexity index is 1120. The summed E-state index contributed by atoms with van der Waals surface area (Å²) >= 11 is 6.03. The zero-order valence-electron chi connectivity index (χ0n) is 14.1. The number of aromatic nitrogens is 2. The Labute approximate surface area is 151 Å². The van der Waals surface area contributed by atoms with Crippen LogP contribution >= 0.6 is 11.6 Å². The molecule has 2 nitrogen and oxygen atoms in total. The highest BCUT2D eigenvalue weighted by atomic mass is 35.5. The molecule has 1 aromatic heterocycles. The molecule has 0 saturated heterocycles. The molecule has 1 aliphatic carbocycles. The van der Waals surface area contributed by atoms with Crippen LogP contribution in [0, 0.1) is 0 Å². The zero-order valence-corrected chi connectivity index (χ0v) is 14.9. The van der Waals surface area contributed by atoms with Crippen molar-refractivity contribution in [3.8, 4) is 16.8 Å². The maximum atomic E-state index is 6.03. The van der Waals surface area contributed by atoms with Crippen LogP contribution in [0.15, 0.2) is 66.9 Å². The molecule has 3 aromatic carbocycles. The second-order valence-electron chi connectivity index (χ2n) is 7.12. The molecule has 4 aromatic rings. The Morgan fingerprint density at radius 1 is 0.880 bits per heavy atom. The van der Waals surface area contributed by atoms with Crippen molar-refractivity contribution in [2.75, 3.05) is 0 Å². The molecule has 1 heterocycles. The molecule has 1 aliphatic rings. The van der Waals surface area contributed by atoms with Crippen LogP contribution < -0.4 is 0 Å². The van der Waals surface area contributed by atoms with Crippen LogP contribution in [-0.2, 0) is 5.41 Å². The summed E-state index contributed by atoms with van der Waals surface area (Å²) in [6.07, 6.45) is 2.00. The van der Waals surface area contributed by atoms with Crippen LogP contribution in [0.1, 0.15) is 25.0 Å². The van der Waals surface area contributed by atoms with Gasteiger partial charge in [-0.2, -0.15) is 5.10 Å². The van der Waals surface area contributed by atoms with E-state index < -0.39 is 0 Å². The molecular weight excluding hydrogens is 328 g/mol. The van der Waals surface area contributed by atoms with Gasteiger partial charge in [0.15, 0.2) is 0 Å². The molecule has 122 valence electrons. The van der Waals surface area contributed by atoms with Crippen molar-refractivity contribution in [2.45, 2.75) is 19.3 Å². The van der Waals surface area contributed by atoms with E-state index in [9.17, 15) is 0 Å². The molecule has 5 rings (SSSR count). The Morgan fingerprint density at radius 3 is 2.44 bits per heavy atom. The Kier molecular flexibility index (Phi) is 2.93. The molecule has 3 heteroatoms. The van der Waals surface area contributed by atoms with Gasteiger partial charge in [-0.15, -0.1) is 0 Å². The average Bonchev–Trinajstić information content (AvgIpc) is 3.14. The topological polar surface area (TPSA) is 17.8 Å². The number of benzene rings is 3. The van der Waals surface area contributed by atoms with Crippen LogP contribution in [0.4, 0.5) is 0 Å². The highest BCUT2D eigenvalue weighted by Gasteiger charge is 2.37. The number of hydrogen-bond donors (Lipinski definition) is 0. The lowest BCUT2D eigenvalue weighted by Gasteiger charge is -2.22. The summed E-state index contributed by atoms with van der Waals surface area (Å²) in [5, 5.41) is 6.62. The van der Waals surface area contributed by atoms with Crippen molar-refractivity contribution in [1.82, 2.24) is 9.78 Å². The van der Waals surface area contributed by atoms with Gasteiger partial charge in [-0.05, 0) is 52.6 Å². The summed E-state index contributed by atoms with van der Waals surface area (Å²) in [5.74, 6) is 0. The largest absolute Gasteiger partial charge is 0.233 e. The Balaban J connectivity index is 1.80. The van der Waals surface area contributed by atoms with Crippen LogP contribution in [0.5, 0.6) is 0 Å². The summed E-state index contributed by atoms with van der Waals surface area (Å²) in [6.45, 7) is 4.60. The molecule has 0 fully saturated rings. The van der Waals surface area contributed by atoms with E-state index in [1.165, 1.54) is 27.6 Å². The first kappa shape index (κ1) is 14.7. The van der Waals surface area contributed by atoms with Gasteiger partial charge < -0.3 is 0 Å². The lowest BCUT2D eigenvalue weighted by atomic mass is 9.81. The maximum Gasteiger partial charge on any atom is 0.0744 e. The molecule has 0 radical (unpaired) electrons. The predicted molar refractivity (Wildman–Crippen MR) is 104 cm³/mol. The van der Waals surface area contributed by atoms with Crippen molar-refractivity contribution in [1.29, 1.82) is 0 Å². The standard InChI is InChI=1S/C22H17ClN2/c1-22(2)19-6-4-3-5-16(19)17-11-12-20-18(21(17)22)13-24-25(20)15-9-7-14(23)8-10-15/h3-13H,1-2H3. The second kappa shape index (κ2) is 4.96. The molecule has 0 bridgehead atoms. The van der Waals surface area contributed by atoms with E-state index in [1.54, 1.807) is 0 Å². The fourth-order valence-electron chi connectivity index (χ4n) is 4.19. The third-order valence-electron chi connectivity index (χ3n) is 5.34. The third-order valence-corrected chi connectivity index (χ3v) is 5.59. The number of halogens is 1. The van der Waals surface area contributed by atoms with Crippen LogP contribution in [-0.4, -0.2) is 9.78 Å². The fraction of sp³-hybridized carbons (Fsp3) is 0.136. The minimum atomic E-state index is -0.0285. The van der Waals surface area contributed by atoms with Crippen molar-refractivity contribution in [2.24, 2.45) is 0 Å². The highest BCUT2D eigenvalue weighted by Crippen LogP contribution is 2.51. The summed E-state index contributed by atoms with van der Waals surface area (Å²) in [6, 6.07) is 20.9. The SMILES string of the molecule is CC1(C)c2ccccc2-c2ccc3c(cnn3-c3ccc(Cl)cc3)c21. The lowest BCUT2D eigenvalue weighted by molar-refractivity contribution is 0.666. The minimum Gasteiger partial charge on any atom is -0.233 e. The second-order valence-corrected chi connectivity index (χ2v) is 7.56. The number of nitrogens with zero attached hydrogens (tertiary/aromatic N) is 2. The van der Waals surface area contributed by atoms with E-state index in [-0.39, 0.29) is 5.41 Å². The number of fused-ring (bicyclic) bond motifs is 5. The van der Waals surface area contributed by atoms with Crippen LogP contribution in [0.3, 0.4) is 0 Å². The Morgan fingerprint density at radius 2 is 1.64 bits per heavy atom. The van der Waals surface area contributed by atoms with Crippen LogP contribution in [0.2, 0.25) is 5.02 Å². The van der Waals surface area contributed by atoms with Gasteiger partial charge in [-0.1, -0.05) is 55.8 Å². The summed E-state index contributed by atoms with van der Waals surface area (Å²) in [7, 11) is 0. The van der Waals surface area contributed by atoms with Crippen molar-refractivity contribution >= 4 is 22.5 Å². The molecule has 0 spiro atoms. The smallest absolute Gasteiger partial charge is 0.0744 e. The summed E-state index contributed by atoms with van der Waals surface area (Å²) < 4.78 is 1.99. The van der Waals surface area contributed by atoms with Gasteiger partial charge in [0.25, 0.3) is 0 Å². The van der Waals surface area contributed by atoms with E-state index in [2.05, 4.69) is 55.3 Å². The first-order valence-electron chi connectivity index (χ1n) is 8.44. The minimum absolute atomic E-state index is 0.0285. The first-order chi connectivity index (χ1) is 12.1. The Hall–Kier alpha value is -2.58. The lowest BCUT2D eigenvalue weighted by Crippen LogP contribution is -2.15. The third kappa shape index (κ3) is 1.95. The van der Waals surface area contributed by atoms with E-state index in [0.29, 0.717) is 0 Å². The predicted octanol–water partition coefficient (Wildman–Crippen LogP) is 5.99. The van der Waals surface area contributed by atoms with E-state index in [4.69, 9.17) is 11.6 Å². The van der Waals surface area contributed by atoms with Crippen molar-refractivity contribution < 1.29 is 0 Å². The molecule has 0 N–H and O–H groups in total. The normalized spacial score (nSPS) is 14.5. The van der Waals surface area contributed by atoms with Gasteiger partial charge >= 0.3 is 0 Å². The molecular formula is C22H17ClN2. The van der Waals surface area contributed by atoms with E-state index in [1.807, 2.05) is 35.1 Å². The van der Waals surface area contributed by atoms with E-state index >= 15 is 0 Å². The summed E-state index contributed by atoms with van der Waals surface area (Å²) in [4.78, 5) is 0. The molecule has 0 atom stereocenters. The van der Waals surface area contributed by atoms with Gasteiger partial charge in [0.05, 0.1) is 17.4 Å². The maximum absolute atomic E-state index is 6.03. The number of rotatable bonds is 1. The molecule has 0 aliphatic heterocycles. The van der Waals surface area contributed by atoms with Gasteiger partial charge in [0, 0.05) is 15.8 Å². The average molecular weight is 345 g/mol. The fourth-order valence-corrected chi connectivity index (χ4v) is 4.31. The zero-order chi connectivity index (χ0) is 17.2. The van der Waals surface area contributed by atoms with Gasteiger partial charge in [-0.25, -0.2) is 4.68 Å². The van der Waals surface area contributed by atoms with Crippen LogP contribution in [0.25, 0.3) is 27.7 Å². The van der Waals surface area contributed by atoms with E-state index in [0.717, 1.165) is 16.2 Å². The highest BCUT2D eigenvalue weighted by molar-refractivity contribution is 6.30. The molecule has 25 heavy (non-hydrogen) atoms. The molecule has 0 saturated carbocycles. The summed E-state index contributed by atoms with van der Waals surface area (Å²) in [5.41, 5.74) is 7.53. The molecule has 0 unspecified atom stereocenters.